The van der Waals surface area contributed by atoms with Crippen molar-refractivity contribution in [2.75, 3.05) is 11.1 Å². The molecular formula is C15H15AsNO3S-. The quantitative estimate of drug-likeness (QED) is 0.651. The summed E-state index contributed by atoms with van der Waals surface area (Å²) >= 11 is -1.28. The minimum absolute atomic E-state index is 0.132. The van der Waals surface area contributed by atoms with E-state index in [2.05, 4.69) is 17.4 Å². The van der Waals surface area contributed by atoms with Crippen LogP contribution < -0.4 is 9.67 Å². The van der Waals surface area contributed by atoms with Crippen molar-refractivity contribution in [2.24, 2.45) is 0 Å². The number of rotatable bonds is 5. The van der Waals surface area contributed by atoms with Gasteiger partial charge in [0, 0.05) is 0 Å². The first-order valence-electron chi connectivity index (χ1n) is 6.64. The SMILES string of the molecule is O=S(=O)([O-])CC1C[As]1c1ccc(Nc2ccccc2)cc1. The Labute approximate surface area is 129 Å². The average Bonchev–Trinajstić information content (AvgIpc) is 3.18. The monoisotopic (exact) mass is 364 g/mol. The summed E-state index contributed by atoms with van der Waals surface area (Å²) in [5, 5.41) is 4.24. The molecule has 21 heavy (non-hydrogen) atoms. The third-order valence-electron chi connectivity index (χ3n) is 3.37. The van der Waals surface area contributed by atoms with Gasteiger partial charge < -0.3 is 0 Å². The van der Waals surface area contributed by atoms with Crippen molar-refractivity contribution in [3.63, 3.8) is 0 Å². The molecule has 2 aromatic carbocycles. The summed E-state index contributed by atoms with van der Waals surface area (Å²) < 4.78 is 33.7. The Bertz CT molecular complexity index is 716. The van der Waals surface area contributed by atoms with Gasteiger partial charge in [-0.1, -0.05) is 0 Å². The zero-order valence-electron chi connectivity index (χ0n) is 11.3. The average molecular weight is 364 g/mol. The van der Waals surface area contributed by atoms with E-state index in [1.807, 2.05) is 42.5 Å². The molecule has 3 rings (SSSR count). The second-order valence-corrected chi connectivity index (χ2v) is 11.9. The molecule has 1 heterocycles. The molecule has 0 bridgehead atoms. The van der Waals surface area contributed by atoms with Gasteiger partial charge in [-0.15, -0.1) is 0 Å². The molecule has 2 atom stereocenters. The molecule has 0 amide bonds. The van der Waals surface area contributed by atoms with Crippen molar-refractivity contribution in [1.29, 1.82) is 0 Å². The first-order valence-corrected chi connectivity index (χ1v) is 11.6. The van der Waals surface area contributed by atoms with Crippen LogP contribution in [0, 0.1) is 0 Å². The number of benzene rings is 2. The number of hydrogen-bond donors (Lipinski definition) is 1. The molecule has 1 N–H and O–H groups in total. The van der Waals surface area contributed by atoms with E-state index >= 15 is 0 Å². The second-order valence-electron chi connectivity index (χ2n) is 5.07. The molecule has 110 valence electrons. The Morgan fingerprint density at radius 2 is 1.67 bits per heavy atom. The molecule has 0 spiro atoms. The summed E-state index contributed by atoms with van der Waals surface area (Å²) in [4.78, 5) is 0. The zero-order chi connectivity index (χ0) is 14.9. The molecule has 0 radical (unpaired) electrons. The van der Waals surface area contributed by atoms with Gasteiger partial charge in [-0.2, -0.15) is 0 Å². The molecule has 0 aromatic heterocycles. The topological polar surface area (TPSA) is 69.2 Å². The maximum atomic E-state index is 10.8. The Balaban J connectivity index is 1.63. The van der Waals surface area contributed by atoms with Gasteiger partial charge in [-0.25, -0.2) is 0 Å². The predicted octanol–water partition coefficient (Wildman–Crippen LogP) is 2.06. The standard InChI is InChI=1S/C15H16AsNO3S/c18-21(19,20)11-13-10-16(13)12-6-8-15(9-7-12)17-14-4-2-1-3-5-14/h1-9,13,17H,10-11H2,(H,18,19,20)/p-1. The Hall–Kier alpha value is -1.29. The molecule has 4 nitrogen and oxygen atoms in total. The molecule has 1 saturated heterocycles. The predicted molar refractivity (Wildman–Crippen MR) is 84.7 cm³/mol. The number of para-hydroxylation sites is 1. The van der Waals surface area contributed by atoms with Gasteiger partial charge in [-0.05, 0) is 0 Å². The van der Waals surface area contributed by atoms with E-state index in [1.165, 1.54) is 4.35 Å². The van der Waals surface area contributed by atoms with Crippen LogP contribution >= 0.6 is 0 Å². The Kier molecular flexibility index (Phi) is 4.07. The fraction of sp³-hybridized carbons (Fsp3) is 0.200. The van der Waals surface area contributed by atoms with Crippen LogP contribution in [0.5, 0.6) is 0 Å². The fourth-order valence-corrected chi connectivity index (χ4v) is 10.1. The van der Waals surface area contributed by atoms with Gasteiger partial charge >= 0.3 is 129 Å². The molecule has 2 unspecified atom stereocenters. The molecule has 6 heteroatoms. The summed E-state index contributed by atoms with van der Waals surface area (Å²) in [5.41, 5.74) is 2.04. The van der Waals surface area contributed by atoms with E-state index in [1.54, 1.807) is 0 Å². The Morgan fingerprint density at radius 1 is 1.05 bits per heavy atom. The summed E-state index contributed by atoms with van der Waals surface area (Å²) in [6.07, 6.45) is 0. The molecule has 1 aliphatic heterocycles. The van der Waals surface area contributed by atoms with Crippen LogP contribution in [0.2, 0.25) is 9.91 Å². The number of anilines is 2. The van der Waals surface area contributed by atoms with E-state index in [0.717, 1.165) is 16.6 Å². The summed E-state index contributed by atoms with van der Waals surface area (Å²) in [6, 6.07) is 18.1. The van der Waals surface area contributed by atoms with Gasteiger partial charge in [-0.3, -0.25) is 0 Å². The van der Waals surface area contributed by atoms with E-state index in [-0.39, 0.29) is 10.5 Å². The summed E-state index contributed by atoms with van der Waals surface area (Å²) in [7, 11) is -4.08. The van der Waals surface area contributed by atoms with E-state index < -0.39 is 24.8 Å². The molecule has 0 aliphatic carbocycles. The normalized spacial score (nSPS) is 21.0. The molecule has 1 fully saturated rings. The second kappa shape index (κ2) is 5.84. The third kappa shape index (κ3) is 4.10. The Morgan fingerprint density at radius 3 is 2.29 bits per heavy atom. The van der Waals surface area contributed by atoms with E-state index in [4.69, 9.17) is 0 Å². The van der Waals surface area contributed by atoms with Gasteiger partial charge in [0.2, 0.25) is 0 Å². The molecule has 1 aliphatic rings. The first kappa shape index (κ1) is 14.6. The van der Waals surface area contributed by atoms with Crippen LogP contribution in [0.3, 0.4) is 0 Å². The molecule has 0 saturated carbocycles. The van der Waals surface area contributed by atoms with Crippen molar-refractivity contribution < 1.29 is 13.0 Å². The maximum absolute atomic E-state index is 10.8. The van der Waals surface area contributed by atoms with Gasteiger partial charge in [0.1, 0.15) is 0 Å². The van der Waals surface area contributed by atoms with Crippen molar-refractivity contribution in [3.05, 3.63) is 54.6 Å². The summed E-state index contributed by atoms with van der Waals surface area (Å²) in [5.74, 6) is -0.184. The van der Waals surface area contributed by atoms with Crippen molar-refractivity contribution >= 4 is 40.5 Å². The van der Waals surface area contributed by atoms with Gasteiger partial charge in [0.25, 0.3) is 0 Å². The van der Waals surface area contributed by atoms with Crippen LogP contribution in [0.15, 0.2) is 54.6 Å². The van der Waals surface area contributed by atoms with Crippen molar-refractivity contribution in [1.82, 2.24) is 0 Å². The zero-order valence-corrected chi connectivity index (χ0v) is 14.0. The van der Waals surface area contributed by atoms with Crippen LogP contribution in [0.4, 0.5) is 11.4 Å². The molecular weight excluding hydrogens is 349 g/mol. The van der Waals surface area contributed by atoms with Crippen LogP contribution in [-0.2, 0) is 10.1 Å². The van der Waals surface area contributed by atoms with Crippen molar-refractivity contribution in [2.45, 2.75) is 9.91 Å². The summed E-state index contributed by atoms with van der Waals surface area (Å²) in [6.45, 7) is 0. The minimum atomic E-state index is -4.08. The van der Waals surface area contributed by atoms with E-state index in [0.29, 0.717) is 0 Å². The molecule has 2 aromatic rings. The fourth-order valence-electron chi connectivity index (χ4n) is 2.30. The van der Waals surface area contributed by atoms with Crippen LogP contribution in [0.1, 0.15) is 0 Å². The first-order chi connectivity index (χ1) is 10.0. The van der Waals surface area contributed by atoms with Gasteiger partial charge in [0.15, 0.2) is 0 Å². The number of nitrogens with one attached hydrogen (secondary N) is 1. The third-order valence-corrected chi connectivity index (χ3v) is 10.1. The van der Waals surface area contributed by atoms with Crippen LogP contribution in [-0.4, -0.2) is 33.4 Å². The van der Waals surface area contributed by atoms with E-state index in [9.17, 15) is 13.0 Å². The number of hydrogen-bond acceptors (Lipinski definition) is 4. The van der Waals surface area contributed by atoms with Crippen molar-refractivity contribution in [3.8, 4) is 0 Å². The van der Waals surface area contributed by atoms with Gasteiger partial charge in [0.05, 0.1) is 0 Å². The van der Waals surface area contributed by atoms with Crippen LogP contribution in [0.25, 0.3) is 0 Å².